The second-order valence-corrected chi connectivity index (χ2v) is 10.3. The van der Waals surface area contributed by atoms with Gasteiger partial charge in [0.2, 0.25) is 0 Å². The molecule has 1 aromatic rings. The van der Waals surface area contributed by atoms with Crippen molar-refractivity contribution in [3.05, 3.63) is 23.8 Å². The number of amides is 2. The van der Waals surface area contributed by atoms with Crippen LogP contribution in [0.25, 0.3) is 0 Å². The van der Waals surface area contributed by atoms with Crippen LogP contribution in [0.4, 0.5) is 4.79 Å². The van der Waals surface area contributed by atoms with Crippen molar-refractivity contribution < 1.29 is 28.4 Å². The number of nitrogens with one attached hydrogen (secondary N) is 2. The summed E-state index contributed by atoms with van der Waals surface area (Å²) >= 11 is 0. The molecule has 9 heteroatoms. The molecule has 0 bridgehead atoms. The van der Waals surface area contributed by atoms with E-state index >= 15 is 0 Å². The van der Waals surface area contributed by atoms with Gasteiger partial charge in [0.1, 0.15) is 11.4 Å². The molecule has 0 radical (unpaired) electrons. The van der Waals surface area contributed by atoms with Crippen molar-refractivity contribution in [2.45, 2.75) is 91.7 Å². The number of rotatable bonds is 7. The van der Waals surface area contributed by atoms with Crippen LogP contribution < -0.4 is 20.8 Å². The van der Waals surface area contributed by atoms with Crippen molar-refractivity contribution in [3.8, 4) is 5.75 Å². The second kappa shape index (κ2) is 9.71. The Labute approximate surface area is 191 Å². The first-order valence-electron chi connectivity index (χ1n) is 11.0. The molecule has 1 aliphatic rings. The lowest BCUT2D eigenvalue weighted by molar-refractivity contribution is -0.123. The molecule has 0 aliphatic carbocycles. The lowest BCUT2D eigenvalue weighted by atomic mass is 9.78. The maximum absolute atomic E-state index is 12.2. The van der Waals surface area contributed by atoms with Crippen LogP contribution in [0.1, 0.15) is 67.9 Å². The number of hydrogen-bond acceptors (Lipinski definition) is 6. The van der Waals surface area contributed by atoms with Gasteiger partial charge in [0.05, 0.1) is 11.2 Å². The minimum Gasteiger partial charge on any atom is -0.483 e. The van der Waals surface area contributed by atoms with E-state index in [1.54, 1.807) is 26.8 Å². The Hall–Kier alpha value is -2.26. The summed E-state index contributed by atoms with van der Waals surface area (Å²) in [5, 5.41) is 5.53. The minimum absolute atomic E-state index is 0.0187. The standard InChI is InChI=1S/C23H37BN2O6/c1-15(2)26-19(27)14-29-18-11-10-17(24-31-22(6,7)23(8,9)32-24)12-16(18)13-25-20(28)30-21(3,4)5/h10-12,15H,13-14H2,1-9H3,(H,25,28)(H,26,27). The van der Waals surface area contributed by atoms with Gasteiger partial charge in [0.25, 0.3) is 5.91 Å². The van der Waals surface area contributed by atoms with E-state index in [-0.39, 0.29) is 25.1 Å². The zero-order valence-corrected chi connectivity index (χ0v) is 20.8. The van der Waals surface area contributed by atoms with Crippen LogP contribution in [0.3, 0.4) is 0 Å². The highest BCUT2D eigenvalue weighted by atomic mass is 16.7. The highest BCUT2D eigenvalue weighted by molar-refractivity contribution is 6.62. The average Bonchev–Trinajstić information content (AvgIpc) is 2.84. The Morgan fingerprint density at radius 2 is 1.69 bits per heavy atom. The lowest BCUT2D eigenvalue weighted by Gasteiger charge is -2.32. The molecule has 32 heavy (non-hydrogen) atoms. The Morgan fingerprint density at radius 1 is 1.09 bits per heavy atom. The van der Waals surface area contributed by atoms with Crippen molar-refractivity contribution >= 4 is 24.6 Å². The molecule has 2 N–H and O–H groups in total. The predicted octanol–water partition coefficient (Wildman–Crippen LogP) is 2.91. The van der Waals surface area contributed by atoms with Crippen LogP contribution in [0.2, 0.25) is 0 Å². The fourth-order valence-electron chi connectivity index (χ4n) is 2.99. The van der Waals surface area contributed by atoms with Crippen molar-refractivity contribution in [3.63, 3.8) is 0 Å². The van der Waals surface area contributed by atoms with E-state index in [4.69, 9.17) is 18.8 Å². The number of hydrogen-bond donors (Lipinski definition) is 2. The third-order valence-corrected chi connectivity index (χ3v) is 5.24. The molecule has 0 aromatic heterocycles. The summed E-state index contributed by atoms with van der Waals surface area (Å²) in [7, 11) is -0.557. The molecule has 0 spiro atoms. The second-order valence-electron chi connectivity index (χ2n) is 10.3. The van der Waals surface area contributed by atoms with Gasteiger partial charge < -0.3 is 29.4 Å². The van der Waals surface area contributed by atoms with E-state index in [0.29, 0.717) is 11.3 Å². The van der Waals surface area contributed by atoms with Crippen molar-refractivity contribution in [2.75, 3.05) is 6.61 Å². The molecule has 0 unspecified atom stereocenters. The molecule has 2 rings (SSSR count). The van der Waals surface area contributed by atoms with E-state index in [1.807, 2.05) is 53.7 Å². The molecular formula is C23H37BN2O6. The van der Waals surface area contributed by atoms with Gasteiger partial charge in [-0.1, -0.05) is 12.1 Å². The highest BCUT2D eigenvalue weighted by Crippen LogP contribution is 2.36. The monoisotopic (exact) mass is 448 g/mol. The zero-order valence-electron chi connectivity index (χ0n) is 20.8. The Bertz CT molecular complexity index is 816. The maximum Gasteiger partial charge on any atom is 0.494 e. The Kier molecular flexibility index (Phi) is 7.89. The summed E-state index contributed by atoms with van der Waals surface area (Å²) in [6, 6.07) is 5.48. The molecule has 1 heterocycles. The summed E-state index contributed by atoms with van der Waals surface area (Å²) in [4.78, 5) is 24.2. The van der Waals surface area contributed by atoms with Gasteiger partial charge in [0.15, 0.2) is 6.61 Å². The zero-order chi connectivity index (χ0) is 24.3. The summed E-state index contributed by atoms with van der Waals surface area (Å²) in [6.07, 6.45) is -0.540. The molecule has 0 saturated carbocycles. The van der Waals surface area contributed by atoms with Crippen LogP contribution in [0, 0.1) is 0 Å². The average molecular weight is 448 g/mol. The van der Waals surface area contributed by atoms with Crippen molar-refractivity contribution in [2.24, 2.45) is 0 Å². The minimum atomic E-state index is -0.608. The topological polar surface area (TPSA) is 95.1 Å². The quantitative estimate of drug-likeness (QED) is 0.623. The van der Waals surface area contributed by atoms with Crippen LogP contribution in [0.15, 0.2) is 18.2 Å². The van der Waals surface area contributed by atoms with Gasteiger partial charge in [-0.2, -0.15) is 0 Å². The van der Waals surface area contributed by atoms with E-state index < -0.39 is 30.0 Å². The molecule has 8 nitrogen and oxygen atoms in total. The fourth-order valence-corrected chi connectivity index (χ4v) is 2.99. The fraction of sp³-hybridized carbons (Fsp3) is 0.652. The molecule has 1 fully saturated rings. The van der Waals surface area contributed by atoms with Crippen molar-refractivity contribution in [1.82, 2.24) is 10.6 Å². The van der Waals surface area contributed by atoms with Gasteiger partial charge in [-0.15, -0.1) is 0 Å². The smallest absolute Gasteiger partial charge is 0.483 e. The van der Waals surface area contributed by atoms with Gasteiger partial charge >= 0.3 is 13.2 Å². The van der Waals surface area contributed by atoms with Gasteiger partial charge in [-0.25, -0.2) is 4.79 Å². The third kappa shape index (κ3) is 7.13. The predicted molar refractivity (Wildman–Crippen MR) is 124 cm³/mol. The van der Waals surface area contributed by atoms with Crippen molar-refractivity contribution in [1.29, 1.82) is 0 Å². The number of carbonyl (C=O) groups is 2. The molecule has 1 aromatic carbocycles. The first-order chi connectivity index (χ1) is 14.6. The molecule has 1 aliphatic heterocycles. The summed E-state index contributed by atoms with van der Waals surface area (Å²) in [5.74, 6) is 0.265. The maximum atomic E-state index is 12.2. The molecule has 178 valence electrons. The van der Waals surface area contributed by atoms with E-state index in [2.05, 4.69) is 10.6 Å². The first-order valence-corrected chi connectivity index (χ1v) is 11.0. The molecule has 2 amide bonds. The van der Waals surface area contributed by atoms with Crippen LogP contribution in [-0.2, 0) is 25.4 Å². The van der Waals surface area contributed by atoms with Gasteiger partial charge in [0, 0.05) is 18.2 Å². The largest absolute Gasteiger partial charge is 0.494 e. The van der Waals surface area contributed by atoms with E-state index in [1.165, 1.54) is 0 Å². The third-order valence-electron chi connectivity index (χ3n) is 5.24. The normalized spacial score (nSPS) is 17.2. The van der Waals surface area contributed by atoms with Crippen LogP contribution in [0.5, 0.6) is 5.75 Å². The van der Waals surface area contributed by atoms with E-state index in [0.717, 1.165) is 5.46 Å². The number of ether oxygens (including phenoxy) is 2. The number of benzene rings is 1. The SMILES string of the molecule is CC(C)NC(=O)COc1ccc(B2OC(C)(C)C(C)(C)O2)cc1CNC(=O)OC(C)(C)C. The summed E-state index contributed by atoms with van der Waals surface area (Å²) < 4.78 is 23.3. The molecule has 1 saturated heterocycles. The Morgan fingerprint density at radius 3 is 2.22 bits per heavy atom. The van der Waals surface area contributed by atoms with E-state index in [9.17, 15) is 9.59 Å². The number of carbonyl (C=O) groups excluding carboxylic acids is 2. The first kappa shape index (κ1) is 26.0. The Balaban J connectivity index is 2.21. The molecular weight excluding hydrogens is 411 g/mol. The van der Waals surface area contributed by atoms with Crippen LogP contribution >= 0.6 is 0 Å². The highest BCUT2D eigenvalue weighted by Gasteiger charge is 2.51. The summed E-state index contributed by atoms with van der Waals surface area (Å²) in [6.45, 7) is 17.1. The van der Waals surface area contributed by atoms with Crippen LogP contribution in [-0.4, -0.2) is 48.6 Å². The van der Waals surface area contributed by atoms with Gasteiger partial charge in [-0.3, -0.25) is 4.79 Å². The molecule has 0 atom stereocenters. The van der Waals surface area contributed by atoms with Gasteiger partial charge in [-0.05, 0) is 73.8 Å². The number of alkyl carbamates (subject to hydrolysis) is 1. The summed E-state index contributed by atoms with van der Waals surface area (Å²) in [5.41, 5.74) is -0.0833. The lowest BCUT2D eigenvalue weighted by Crippen LogP contribution is -2.41.